The number of hydrogen-bond donors (Lipinski definition) is 0. The van der Waals surface area contributed by atoms with Gasteiger partial charge in [0.15, 0.2) is 0 Å². The molecule has 0 saturated carbocycles. The Bertz CT molecular complexity index is 902. The molecule has 0 aromatic heterocycles. The van der Waals surface area contributed by atoms with Crippen molar-refractivity contribution in [3.8, 4) is 11.1 Å². The van der Waals surface area contributed by atoms with Gasteiger partial charge in [0.1, 0.15) is 0 Å². The first-order valence-corrected chi connectivity index (χ1v) is 8.21. The summed E-state index contributed by atoms with van der Waals surface area (Å²) in [4.78, 5) is 0. The van der Waals surface area contributed by atoms with E-state index >= 15 is 0 Å². The maximum absolute atomic E-state index is 2.24. The van der Waals surface area contributed by atoms with Gasteiger partial charge in [0.2, 0.25) is 0 Å². The van der Waals surface area contributed by atoms with Crippen LogP contribution in [-0.4, -0.2) is 0 Å². The smallest absolute Gasteiger partial charge is 0.0178 e. The van der Waals surface area contributed by atoms with Gasteiger partial charge in [-0.15, -0.1) is 0 Å². The molecule has 0 heterocycles. The first-order chi connectivity index (χ1) is 11.9. The average molecular weight is 306 g/mol. The second-order valence-electron chi connectivity index (χ2n) is 5.89. The number of hydrogen-bond acceptors (Lipinski definition) is 0. The van der Waals surface area contributed by atoms with Gasteiger partial charge < -0.3 is 0 Å². The molecule has 0 atom stereocenters. The first kappa shape index (κ1) is 14.5. The minimum atomic E-state index is 1.28. The highest BCUT2D eigenvalue weighted by molar-refractivity contribution is 5.99. The Morgan fingerprint density at radius 2 is 0.625 bits per heavy atom. The van der Waals surface area contributed by atoms with Crippen LogP contribution >= 0.6 is 0 Å². The summed E-state index contributed by atoms with van der Waals surface area (Å²) in [6.07, 6.45) is 0. The van der Waals surface area contributed by atoms with Crippen molar-refractivity contribution in [2.24, 2.45) is 0 Å². The normalized spacial score (nSPS) is 10.5. The zero-order valence-electron chi connectivity index (χ0n) is 13.4. The van der Waals surface area contributed by atoms with Crippen LogP contribution in [0, 0.1) is 0 Å². The Labute approximate surface area is 142 Å². The molecule has 4 bridgehead atoms. The molecule has 0 aliphatic rings. The van der Waals surface area contributed by atoms with E-state index in [0.717, 1.165) is 0 Å². The Balaban J connectivity index is 0.000000121. The van der Waals surface area contributed by atoms with Crippen LogP contribution in [0.2, 0.25) is 0 Å². The van der Waals surface area contributed by atoms with Crippen molar-refractivity contribution >= 4 is 21.5 Å². The van der Waals surface area contributed by atoms with Crippen LogP contribution in [0.1, 0.15) is 0 Å². The molecule has 0 N–H and O–H groups in total. The zero-order valence-corrected chi connectivity index (χ0v) is 13.4. The van der Waals surface area contributed by atoms with Crippen LogP contribution in [0.25, 0.3) is 32.7 Å². The van der Waals surface area contributed by atoms with Gasteiger partial charge >= 0.3 is 0 Å². The van der Waals surface area contributed by atoms with E-state index in [2.05, 4.69) is 97.1 Å². The van der Waals surface area contributed by atoms with Gasteiger partial charge in [0, 0.05) is 0 Å². The highest BCUT2D eigenvalue weighted by atomic mass is 14.0. The predicted octanol–water partition coefficient (Wildman–Crippen LogP) is 6.78. The summed E-state index contributed by atoms with van der Waals surface area (Å²) in [7, 11) is 0. The van der Waals surface area contributed by atoms with Crippen molar-refractivity contribution in [3.05, 3.63) is 109 Å². The maximum Gasteiger partial charge on any atom is -0.0178 e. The molecule has 24 heavy (non-hydrogen) atoms. The van der Waals surface area contributed by atoms with E-state index in [9.17, 15) is 0 Å². The third kappa shape index (κ3) is 3.00. The molecule has 114 valence electrons. The quantitative estimate of drug-likeness (QED) is 0.320. The molecule has 5 aromatic rings. The summed E-state index contributed by atoms with van der Waals surface area (Å²) >= 11 is 0. The molecule has 0 aliphatic carbocycles. The lowest BCUT2D eigenvalue weighted by atomic mass is 10.0. The third-order valence-electron chi connectivity index (χ3n) is 4.27. The van der Waals surface area contributed by atoms with E-state index in [1.807, 2.05) is 12.1 Å². The van der Waals surface area contributed by atoms with Crippen molar-refractivity contribution in [2.75, 3.05) is 0 Å². The molecule has 0 unspecified atom stereocenters. The van der Waals surface area contributed by atoms with Gasteiger partial charge in [-0.1, -0.05) is 97.1 Å². The second-order valence-corrected chi connectivity index (χ2v) is 5.89. The molecule has 0 spiro atoms. The Kier molecular flexibility index (Phi) is 3.95. The maximum atomic E-state index is 2.24. The van der Waals surface area contributed by atoms with E-state index in [4.69, 9.17) is 0 Å². The lowest BCUT2D eigenvalue weighted by Gasteiger charge is -2.02. The zero-order chi connectivity index (χ0) is 16.2. The van der Waals surface area contributed by atoms with Crippen LogP contribution in [0.3, 0.4) is 0 Å². The lowest BCUT2D eigenvalue weighted by molar-refractivity contribution is 1.62. The van der Waals surface area contributed by atoms with Crippen LogP contribution in [0.4, 0.5) is 0 Å². The Hall–Kier alpha value is -3.12. The molecular weight excluding hydrogens is 288 g/mol. The molecule has 0 nitrogen and oxygen atoms in total. The number of rotatable bonds is 1. The molecule has 0 fully saturated rings. The van der Waals surface area contributed by atoms with Crippen molar-refractivity contribution in [2.45, 2.75) is 0 Å². The van der Waals surface area contributed by atoms with E-state index in [0.29, 0.717) is 0 Å². The Morgan fingerprint density at radius 1 is 0.292 bits per heavy atom. The summed E-state index contributed by atoms with van der Waals surface area (Å²) in [5, 5.41) is 5.34. The van der Waals surface area contributed by atoms with Gasteiger partial charge in [-0.05, 0) is 44.8 Å². The highest BCUT2D eigenvalue weighted by Crippen LogP contribution is 2.23. The van der Waals surface area contributed by atoms with Crippen LogP contribution in [0.15, 0.2) is 109 Å². The van der Waals surface area contributed by atoms with Gasteiger partial charge in [-0.3, -0.25) is 0 Å². The van der Waals surface area contributed by atoms with Crippen molar-refractivity contribution in [1.82, 2.24) is 0 Å². The molecule has 5 rings (SSSR count). The van der Waals surface area contributed by atoms with Crippen molar-refractivity contribution in [3.63, 3.8) is 0 Å². The first-order valence-electron chi connectivity index (χ1n) is 8.21. The third-order valence-corrected chi connectivity index (χ3v) is 4.27. The van der Waals surface area contributed by atoms with Crippen LogP contribution in [0.5, 0.6) is 0 Å². The molecule has 0 aliphatic heterocycles. The van der Waals surface area contributed by atoms with E-state index < -0.39 is 0 Å². The summed E-state index contributed by atoms with van der Waals surface area (Å²) in [6.45, 7) is 0. The van der Waals surface area contributed by atoms with Gasteiger partial charge in [-0.2, -0.15) is 0 Å². The molecule has 5 aromatic carbocycles. The van der Waals surface area contributed by atoms with E-state index in [-0.39, 0.29) is 0 Å². The summed E-state index contributed by atoms with van der Waals surface area (Å²) in [5.74, 6) is 0. The fourth-order valence-electron chi connectivity index (χ4n) is 3.02. The predicted molar refractivity (Wildman–Crippen MR) is 105 cm³/mol. The standard InChI is InChI=1S/C12H8.C12H10/c1-3-9-7-10(4-1)12-6-2-5-11(9)8-12;1-3-7-11(8-4-1)12-9-5-2-6-10-12/h1-8H;1-10H. The molecular formula is C24H18. The van der Waals surface area contributed by atoms with E-state index in [1.165, 1.54) is 32.7 Å². The number of benzene rings is 5. The van der Waals surface area contributed by atoms with Crippen molar-refractivity contribution in [1.29, 1.82) is 0 Å². The molecule has 0 heteroatoms. The number of fused-ring (bicyclic) bond motifs is 6. The fourth-order valence-corrected chi connectivity index (χ4v) is 3.02. The summed E-state index contributed by atoms with van der Waals surface area (Å²) in [5.41, 5.74) is 2.55. The summed E-state index contributed by atoms with van der Waals surface area (Å²) in [6, 6.07) is 38.1. The van der Waals surface area contributed by atoms with Gasteiger partial charge in [-0.25, -0.2) is 0 Å². The molecule has 0 saturated heterocycles. The second kappa shape index (κ2) is 6.55. The fraction of sp³-hybridized carbons (Fsp3) is 0. The molecule has 0 radical (unpaired) electrons. The van der Waals surface area contributed by atoms with Crippen LogP contribution in [-0.2, 0) is 0 Å². The average Bonchev–Trinajstić information content (AvgIpc) is 2.69. The molecule has 0 amide bonds. The van der Waals surface area contributed by atoms with E-state index in [1.54, 1.807) is 0 Å². The SMILES string of the molecule is c1cc2cc(c1)c1cccc2c1.c1ccc(-c2ccccc2)cc1. The lowest BCUT2D eigenvalue weighted by Crippen LogP contribution is -1.76. The highest BCUT2D eigenvalue weighted by Gasteiger charge is 1.97. The minimum Gasteiger partial charge on any atom is -0.0622 e. The van der Waals surface area contributed by atoms with Crippen molar-refractivity contribution < 1.29 is 0 Å². The summed E-state index contributed by atoms with van der Waals surface area (Å²) < 4.78 is 0. The largest absolute Gasteiger partial charge is 0.0622 e. The monoisotopic (exact) mass is 306 g/mol. The Morgan fingerprint density at radius 3 is 0.958 bits per heavy atom. The van der Waals surface area contributed by atoms with Crippen LogP contribution < -0.4 is 0 Å². The minimum absolute atomic E-state index is 1.28. The van der Waals surface area contributed by atoms with Gasteiger partial charge in [0.25, 0.3) is 0 Å². The van der Waals surface area contributed by atoms with Gasteiger partial charge in [0.05, 0.1) is 0 Å². The topological polar surface area (TPSA) is 0 Å².